The van der Waals surface area contributed by atoms with Crippen LogP contribution in [0, 0.1) is 11.6 Å². The maximum atomic E-state index is 12.9. The average molecular weight is 249 g/mol. The van der Waals surface area contributed by atoms with Crippen LogP contribution in [-0.2, 0) is 0 Å². The highest BCUT2D eigenvalue weighted by Crippen LogP contribution is 2.19. The predicted octanol–water partition coefficient (Wildman–Crippen LogP) is 1.57. The third-order valence-electron chi connectivity index (χ3n) is 1.92. The van der Waals surface area contributed by atoms with E-state index in [9.17, 15) is 13.6 Å². The van der Waals surface area contributed by atoms with Crippen molar-refractivity contribution >= 4 is 17.5 Å². The molecule has 1 aromatic rings. The largest absolute Gasteiger partial charge is 0.351 e. The zero-order chi connectivity index (χ0) is 12.1. The van der Waals surface area contributed by atoms with Crippen LogP contribution in [0.1, 0.15) is 10.4 Å². The molecule has 0 saturated carbocycles. The third kappa shape index (κ3) is 3.15. The summed E-state index contributed by atoms with van der Waals surface area (Å²) in [5.41, 5.74) is -0.0725. The van der Waals surface area contributed by atoms with Crippen molar-refractivity contribution in [3.63, 3.8) is 0 Å². The van der Waals surface area contributed by atoms with E-state index in [1.807, 2.05) is 0 Å². The van der Waals surface area contributed by atoms with Crippen LogP contribution in [0.3, 0.4) is 0 Å². The highest BCUT2D eigenvalue weighted by molar-refractivity contribution is 6.33. The lowest BCUT2D eigenvalue weighted by atomic mass is 10.2. The number of nitrogens with one attached hydrogen (secondary N) is 2. The summed E-state index contributed by atoms with van der Waals surface area (Å²) in [5.74, 6) is -2.70. The number of halogens is 3. The van der Waals surface area contributed by atoms with Crippen molar-refractivity contribution in [1.29, 1.82) is 0 Å². The van der Waals surface area contributed by atoms with Crippen LogP contribution in [0.5, 0.6) is 0 Å². The molecule has 0 spiro atoms. The van der Waals surface area contributed by atoms with Gasteiger partial charge in [-0.1, -0.05) is 11.6 Å². The Labute approximate surface area is 96.8 Å². The van der Waals surface area contributed by atoms with Crippen LogP contribution in [0.15, 0.2) is 12.1 Å². The molecule has 1 aromatic carbocycles. The summed E-state index contributed by atoms with van der Waals surface area (Å²) in [4.78, 5) is 11.5. The van der Waals surface area contributed by atoms with Crippen molar-refractivity contribution in [1.82, 2.24) is 10.6 Å². The van der Waals surface area contributed by atoms with Gasteiger partial charge in [0.05, 0.1) is 10.6 Å². The maximum Gasteiger partial charge on any atom is 0.252 e. The molecule has 0 heterocycles. The number of likely N-dealkylation sites (N-methyl/N-ethyl adjacent to an activating group) is 1. The van der Waals surface area contributed by atoms with Crippen LogP contribution in [0.4, 0.5) is 8.78 Å². The smallest absolute Gasteiger partial charge is 0.252 e. The van der Waals surface area contributed by atoms with Gasteiger partial charge in [-0.25, -0.2) is 8.78 Å². The molecular formula is C10H11ClF2N2O. The van der Waals surface area contributed by atoms with Gasteiger partial charge in [-0.05, 0) is 19.2 Å². The van der Waals surface area contributed by atoms with E-state index in [-0.39, 0.29) is 10.6 Å². The van der Waals surface area contributed by atoms with E-state index in [4.69, 9.17) is 11.6 Å². The van der Waals surface area contributed by atoms with Crippen molar-refractivity contribution in [2.75, 3.05) is 20.1 Å². The van der Waals surface area contributed by atoms with E-state index < -0.39 is 17.5 Å². The second-order valence-electron chi connectivity index (χ2n) is 3.11. The lowest BCUT2D eigenvalue weighted by molar-refractivity contribution is 0.0953. The van der Waals surface area contributed by atoms with Crippen molar-refractivity contribution < 1.29 is 13.6 Å². The Bertz CT molecular complexity index is 399. The molecular weight excluding hydrogens is 238 g/mol. The van der Waals surface area contributed by atoms with Crippen molar-refractivity contribution in [3.05, 3.63) is 34.4 Å². The molecule has 16 heavy (non-hydrogen) atoms. The van der Waals surface area contributed by atoms with Gasteiger partial charge in [-0.15, -0.1) is 0 Å². The predicted molar refractivity (Wildman–Crippen MR) is 57.6 cm³/mol. The minimum Gasteiger partial charge on any atom is -0.351 e. The van der Waals surface area contributed by atoms with Gasteiger partial charge in [-0.2, -0.15) is 0 Å². The Balaban J connectivity index is 2.79. The van der Waals surface area contributed by atoms with Crippen molar-refractivity contribution in [3.8, 4) is 0 Å². The SMILES string of the molecule is CNCCNC(=O)c1cc(F)c(F)cc1Cl. The minimum absolute atomic E-state index is 0.0725. The van der Waals surface area contributed by atoms with Crippen LogP contribution in [0.2, 0.25) is 5.02 Å². The van der Waals surface area contributed by atoms with Crippen LogP contribution >= 0.6 is 11.6 Å². The molecule has 1 rings (SSSR count). The minimum atomic E-state index is -1.09. The molecule has 88 valence electrons. The molecule has 6 heteroatoms. The normalized spacial score (nSPS) is 10.2. The van der Waals surface area contributed by atoms with E-state index in [2.05, 4.69) is 10.6 Å². The van der Waals surface area contributed by atoms with Gasteiger partial charge >= 0.3 is 0 Å². The number of benzene rings is 1. The second kappa shape index (κ2) is 5.77. The van der Waals surface area contributed by atoms with Crippen molar-refractivity contribution in [2.24, 2.45) is 0 Å². The van der Waals surface area contributed by atoms with Gasteiger partial charge in [0.2, 0.25) is 0 Å². The number of hydrogen-bond donors (Lipinski definition) is 2. The molecule has 0 aliphatic rings. The van der Waals surface area contributed by atoms with Crippen molar-refractivity contribution in [2.45, 2.75) is 0 Å². The molecule has 0 radical (unpaired) electrons. The molecule has 0 saturated heterocycles. The fraction of sp³-hybridized carbons (Fsp3) is 0.300. The van der Waals surface area contributed by atoms with E-state index in [1.54, 1.807) is 7.05 Å². The Hall–Kier alpha value is -1.20. The molecule has 2 N–H and O–H groups in total. The van der Waals surface area contributed by atoms with Gasteiger partial charge in [0.15, 0.2) is 11.6 Å². The van der Waals surface area contributed by atoms with E-state index in [0.717, 1.165) is 12.1 Å². The quantitative estimate of drug-likeness (QED) is 0.627. The molecule has 0 fully saturated rings. The summed E-state index contributed by atoms with van der Waals surface area (Å²) in [6.07, 6.45) is 0. The number of amides is 1. The van der Waals surface area contributed by atoms with Crippen LogP contribution in [0.25, 0.3) is 0 Å². The molecule has 0 unspecified atom stereocenters. The number of carbonyl (C=O) groups excluding carboxylic acids is 1. The van der Waals surface area contributed by atoms with E-state index in [1.165, 1.54) is 0 Å². The zero-order valence-electron chi connectivity index (χ0n) is 8.61. The zero-order valence-corrected chi connectivity index (χ0v) is 9.37. The second-order valence-corrected chi connectivity index (χ2v) is 3.51. The highest BCUT2D eigenvalue weighted by atomic mass is 35.5. The molecule has 0 atom stereocenters. The summed E-state index contributed by atoms with van der Waals surface area (Å²) >= 11 is 5.63. The molecule has 0 aromatic heterocycles. The Morgan fingerprint density at radius 3 is 2.56 bits per heavy atom. The Morgan fingerprint density at radius 2 is 1.94 bits per heavy atom. The van der Waals surface area contributed by atoms with E-state index in [0.29, 0.717) is 13.1 Å². The number of carbonyl (C=O) groups is 1. The Kier molecular flexibility index (Phi) is 4.64. The molecule has 0 aliphatic heterocycles. The van der Waals surface area contributed by atoms with Gasteiger partial charge in [0.25, 0.3) is 5.91 Å². The first-order valence-electron chi connectivity index (χ1n) is 4.63. The van der Waals surface area contributed by atoms with Gasteiger partial charge in [0, 0.05) is 13.1 Å². The Morgan fingerprint density at radius 1 is 1.31 bits per heavy atom. The topological polar surface area (TPSA) is 41.1 Å². The molecule has 0 bridgehead atoms. The summed E-state index contributed by atoms with van der Waals surface area (Å²) < 4.78 is 25.6. The fourth-order valence-corrected chi connectivity index (χ4v) is 1.33. The molecule has 0 aliphatic carbocycles. The summed E-state index contributed by atoms with van der Waals surface area (Å²) in [6.45, 7) is 0.956. The lowest BCUT2D eigenvalue weighted by Crippen LogP contribution is -2.30. The first-order valence-corrected chi connectivity index (χ1v) is 5.01. The highest BCUT2D eigenvalue weighted by Gasteiger charge is 2.14. The summed E-state index contributed by atoms with van der Waals surface area (Å²) in [5, 5.41) is 5.23. The first kappa shape index (κ1) is 12.9. The summed E-state index contributed by atoms with van der Waals surface area (Å²) in [7, 11) is 1.73. The average Bonchev–Trinajstić information content (AvgIpc) is 2.23. The maximum absolute atomic E-state index is 12.9. The number of rotatable bonds is 4. The van der Waals surface area contributed by atoms with Gasteiger partial charge in [-0.3, -0.25) is 4.79 Å². The summed E-state index contributed by atoms with van der Waals surface area (Å²) in [6, 6.07) is 1.57. The van der Waals surface area contributed by atoms with Crippen LogP contribution < -0.4 is 10.6 Å². The standard InChI is InChI=1S/C10H11ClF2N2O/c1-14-2-3-15-10(16)6-4-8(12)9(13)5-7(6)11/h4-5,14H,2-3H2,1H3,(H,15,16). The third-order valence-corrected chi connectivity index (χ3v) is 2.23. The number of hydrogen-bond acceptors (Lipinski definition) is 2. The monoisotopic (exact) mass is 248 g/mol. The van der Waals surface area contributed by atoms with Crippen LogP contribution in [-0.4, -0.2) is 26.0 Å². The molecule has 1 amide bonds. The first-order chi connectivity index (χ1) is 7.56. The van der Waals surface area contributed by atoms with Gasteiger partial charge in [0.1, 0.15) is 0 Å². The fourth-order valence-electron chi connectivity index (χ4n) is 1.09. The van der Waals surface area contributed by atoms with E-state index >= 15 is 0 Å². The lowest BCUT2D eigenvalue weighted by Gasteiger charge is -2.06. The molecule has 3 nitrogen and oxygen atoms in total. The van der Waals surface area contributed by atoms with Gasteiger partial charge < -0.3 is 10.6 Å².